The van der Waals surface area contributed by atoms with E-state index in [0.717, 1.165) is 20.3 Å². The first-order valence-electron chi connectivity index (χ1n) is 7.57. The van der Waals surface area contributed by atoms with E-state index in [1.165, 1.54) is 0 Å². The van der Waals surface area contributed by atoms with Crippen molar-refractivity contribution in [2.75, 3.05) is 20.8 Å². The van der Waals surface area contributed by atoms with E-state index in [4.69, 9.17) is 4.74 Å². The van der Waals surface area contributed by atoms with Crippen LogP contribution in [0.3, 0.4) is 0 Å². The van der Waals surface area contributed by atoms with Crippen LogP contribution in [-0.4, -0.2) is 49.6 Å². The number of aromatic amines is 1. The third-order valence-electron chi connectivity index (χ3n) is 3.32. The Kier molecular flexibility index (Phi) is 7.38. The van der Waals surface area contributed by atoms with Gasteiger partial charge in [-0.05, 0) is 26.3 Å². The lowest BCUT2D eigenvalue weighted by Gasteiger charge is -2.10. The smallest absolute Gasteiger partial charge is 0.356 e. The first kappa shape index (κ1) is 20.7. The third kappa shape index (κ3) is 4.85. The number of carbonyl (C=O) groups excluding carboxylic acids is 4. The minimum atomic E-state index is -0.887. The van der Waals surface area contributed by atoms with E-state index < -0.39 is 23.8 Å². The van der Waals surface area contributed by atoms with Crippen molar-refractivity contribution in [2.24, 2.45) is 0 Å². The fraction of sp³-hybridized carbons (Fsp3) is 0.375. The van der Waals surface area contributed by atoms with E-state index in [1.54, 1.807) is 20.8 Å². The summed E-state index contributed by atoms with van der Waals surface area (Å²) < 4.78 is 13.9. The molecule has 1 amide bonds. The number of ether oxygens (including phenoxy) is 3. The summed E-state index contributed by atoms with van der Waals surface area (Å²) in [6, 6.07) is 0. The summed E-state index contributed by atoms with van der Waals surface area (Å²) >= 11 is 0. The largest absolute Gasteiger partial charge is 0.466 e. The van der Waals surface area contributed by atoms with Gasteiger partial charge in [-0.3, -0.25) is 15.6 Å². The number of H-pyrrole nitrogens is 1. The fourth-order valence-electron chi connectivity index (χ4n) is 2.11. The second-order valence-corrected chi connectivity index (χ2v) is 5.00. The van der Waals surface area contributed by atoms with Gasteiger partial charge in [0.05, 0.1) is 32.5 Å². The van der Waals surface area contributed by atoms with Gasteiger partial charge in [0.2, 0.25) is 0 Å². The zero-order chi connectivity index (χ0) is 19.9. The number of hydrogen-bond acceptors (Lipinski definition) is 8. The van der Waals surface area contributed by atoms with E-state index in [-0.39, 0.29) is 23.6 Å². The van der Waals surface area contributed by atoms with Crippen molar-refractivity contribution >= 4 is 23.8 Å². The maximum Gasteiger partial charge on any atom is 0.356 e. The summed E-state index contributed by atoms with van der Waals surface area (Å²) in [7, 11) is 2.25. The Balaban J connectivity index is 2.99. The number of hydrazine groups is 1. The van der Waals surface area contributed by atoms with Crippen LogP contribution in [0.4, 0.5) is 0 Å². The molecule has 26 heavy (non-hydrogen) atoms. The minimum Gasteiger partial charge on any atom is -0.466 e. The molecule has 0 spiro atoms. The predicted molar refractivity (Wildman–Crippen MR) is 88.9 cm³/mol. The molecule has 0 fully saturated rings. The molecule has 0 aromatic carbocycles. The average molecular weight is 367 g/mol. The standard InChI is InChI=1S/C16H21N3O7/c1-6-26-16(23)12-8(2)13(17-9(12)3)14(21)19-18-10(15(22)25-5)7-11(20)24-4/h7,17-18H,6H2,1-5H3,(H,19,21). The van der Waals surface area contributed by atoms with Crippen molar-refractivity contribution in [3.05, 3.63) is 34.3 Å². The maximum atomic E-state index is 12.3. The van der Waals surface area contributed by atoms with Crippen LogP contribution < -0.4 is 10.9 Å². The molecule has 3 N–H and O–H groups in total. The number of amides is 1. The Bertz CT molecular complexity index is 749. The molecule has 10 nitrogen and oxygen atoms in total. The highest BCUT2D eigenvalue weighted by atomic mass is 16.5. The van der Waals surface area contributed by atoms with E-state index in [1.807, 2.05) is 0 Å². The molecule has 0 aliphatic heterocycles. The molecule has 0 saturated heterocycles. The van der Waals surface area contributed by atoms with Gasteiger partial charge in [0.15, 0.2) is 0 Å². The van der Waals surface area contributed by atoms with Crippen molar-refractivity contribution in [3.63, 3.8) is 0 Å². The third-order valence-corrected chi connectivity index (χ3v) is 3.32. The minimum absolute atomic E-state index is 0.0975. The highest BCUT2D eigenvalue weighted by Gasteiger charge is 2.23. The summed E-state index contributed by atoms with van der Waals surface area (Å²) in [5.41, 5.74) is 5.41. The lowest BCUT2D eigenvalue weighted by molar-refractivity contribution is -0.138. The second-order valence-electron chi connectivity index (χ2n) is 5.00. The highest BCUT2D eigenvalue weighted by molar-refractivity contribution is 6.01. The molecular formula is C16H21N3O7. The van der Waals surface area contributed by atoms with Crippen molar-refractivity contribution in [3.8, 4) is 0 Å². The molecule has 0 bridgehead atoms. The first-order valence-corrected chi connectivity index (χ1v) is 7.57. The van der Waals surface area contributed by atoms with Crippen LogP contribution in [0.1, 0.15) is 39.0 Å². The van der Waals surface area contributed by atoms with Crippen LogP contribution in [0, 0.1) is 13.8 Å². The number of methoxy groups -OCH3 is 2. The van der Waals surface area contributed by atoms with Gasteiger partial charge in [0.25, 0.3) is 5.91 Å². The van der Waals surface area contributed by atoms with Gasteiger partial charge in [0, 0.05) is 5.69 Å². The Labute approximate surface area is 149 Å². The van der Waals surface area contributed by atoms with Crippen LogP contribution in [0.15, 0.2) is 11.8 Å². The molecule has 1 rings (SSSR count). The lowest BCUT2D eigenvalue weighted by Crippen LogP contribution is -2.40. The van der Waals surface area contributed by atoms with Gasteiger partial charge in [-0.25, -0.2) is 14.4 Å². The van der Waals surface area contributed by atoms with Gasteiger partial charge in [0.1, 0.15) is 11.4 Å². The number of aromatic nitrogens is 1. The lowest BCUT2D eigenvalue weighted by atomic mass is 10.1. The molecule has 1 heterocycles. The summed E-state index contributed by atoms with van der Waals surface area (Å²) in [5, 5.41) is 0. The number of hydrogen-bond donors (Lipinski definition) is 3. The molecule has 10 heteroatoms. The van der Waals surface area contributed by atoms with Crippen LogP contribution >= 0.6 is 0 Å². The molecule has 0 atom stereocenters. The number of aryl methyl sites for hydroxylation is 1. The fourth-order valence-corrected chi connectivity index (χ4v) is 2.11. The van der Waals surface area contributed by atoms with Gasteiger partial charge < -0.3 is 19.2 Å². The topological polar surface area (TPSA) is 136 Å². The summed E-state index contributed by atoms with van der Waals surface area (Å²) in [6.45, 7) is 5.08. The Hall–Kier alpha value is -3.30. The van der Waals surface area contributed by atoms with E-state index in [0.29, 0.717) is 11.3 Å². The predicted octanol–water partition coefficient (Wildman–Crippen LogP) is 0.273. The summed E-state index contributed by atoms with van der Waals surface area (Å²) in [6.07, 6.45) is 0.822. The van der Waals surface area contributed by atoms with Crippen molar-refractivity contribution in [2.45, 2.75) is 20.8 Å². The maximum absolute atomic E-state index is 12.3. The van der Waals surface area contributed by atoms with Crippen molar-refractivity contribution in [1.82, 2.24) is 15.8 Å². The van der Waals surface area contributed by atoms with E-state index >= 15 is 0 Å². The normalized spacial score (nSPS) is 10.7. The number of esters is 3. The van der Waals surface area contributed by atoms with Crippen molar-refractivity contribution < 1.29 is 33.4 Å². The second kappa shape index (κ2) is 9.25. The van der Waals surface area contributed by atoms with Gasteiger partial charge in [-0.15, -0.1) is 0 Å². The molecule has 0 radical (unpaired) electrons. The number of rotatable bonds is 7. The number of carbonyl (C=O) groups is 4. The summed E-state index contributed by atoms with van der Waals surface area (Å²) in [4.78, 5) is 50.0. The van der Waals surface area contributed by atoms with Crippen LogP contribution in [-0.2, 0) is 23.8 Å². The Morgan fingerprint density at radius 1 is 1.08 bits per heavy atom. The average Bonchev–Trinajstić information content (AvgIpc) is 2.91. The van der Waals surface area contributed by atoms with E-state index in [2.05, 4.69) is 25.3 Å². The Morgan fingerprint density at radius 2 is 1.73 bits per heavy atom. The molecule has 1 aromatic rings. The van der Waals surface area contributed by atoms with Crippen LogP contribution in [0.5, 0.6) is 0 Å². The molecular weight excluding hydrogens is 346 g/mol. The zero-order valence-electron chi connectivity index (χ0n) is 15.1. The summed E-state index contributed by atoms with van der Waals surface area (Å²) in [5.74, 6) is -2.92. The molecule has 1 aromatic heterocycles. The van der Waals surface area contributed by atoms with Gasteiger partial charge >= 0.3 is 17.9 Å². The van der Waals surface area contributed by atoms with Crippen molar-refractivity contribution in [1.29, 1.82) is 0 Å². The van der Waals surface area contributed by atoms with Crippen LogP contribution in [0.2, 0.25) is 0 Å². The molecule has 0 unspecified atom stereocenters. The zero-order valence-corrected chi connectivity index (χ0v) is 15.1. The molecule has 0 aliphatic rings. The molecule has 0 saturated carbocycles. The van der Waals surface area contributed by atoms with Gasteiger partial charge in [-0.1, -0.05) is 0 Å². The Morgan fingerprint density at radius 3 is 2.27 bits per heavy atom. The van der Waals surface area contributed by atoms with E-state index in [9.17, 15) is 19.2 Å². The first-order chi connectivity index (χ1) is 12.3. The molecule has 0 aliphatic carbocycles. The molecule has 142 valence electrons. The highest BCUT2D eigenvalue weighted by Crippen LogP contribution is 2.18. The van der Waals surface area contributed by atoms with Gasteiger partial charge in [-0.2, -0.15) is 0 Å². The quantitative estimate of drug-likeness (QED) is 0.270. The number of nitrogens with one attached hydrogen (secondary N) is 3. The SMILES string of the molecule is CCOC(=O)c1c(C)[nH]c(C(=O)NNC(=CC(=O)OC)C(=O)OC)c1C. The monoisotopic (exact) mass is 367 g/mol. The van der Waals surface area contributed by atoms with Crippen LogP contribution in [0.25, 0.3) is 0 Å².